The summed E-state index contributed by atoms with van der Waals surface area (Å²) in [6, 6.07) is 4.49. The van der Waals surface area contributed by atoms with Crippen LogP contribution < -0.4 is 5.32 Å². The average molecular weight is 309 g/mol. The van der Waals surface area contributed by atoms with Gasteiger partial charge in [-0.2, -0.15) is 13.2 Å². The molecule has 0 aliphatic carbocycles. The second-order valence-corrected chi connectivity index (χ2v) is 6.85. The van der Waals surface area contributed by atoms with E-state index < -0.39 is 26.5 Å². The highest BCUT2D eigenvalue weighted by atomic mass is 32.2. The minimum absolute atomic E-state index is 0.208. The van der Waals surface area contributed by atoms with Gasteiger partial charge in [-0.1, -0.05) is 26.0 Å². The Balaban J connectivity index is 2.88. The van der Waals surface area contributed by atoms with Crippen LogP contribution in [0.15, 0.2) is 29.2 Å². The van der Waals surface area contributed by atoms with Crippen LogP contribution in [0.3, 0.4) is 0 Å². The topological polar surface area (TPSA) is 46.2 Å². The van der Waals surface area contributed by atoms with Crippen molar-refractivity contribution in [2.75, 3.05) is 12.3 Å². The third-order valence-electron chi connectivity index (χ3n) is 2.67. The third kappa shape index (κ3) is 4.79. The van der Waals surface area contributed by atoms with Crippen molar-refractivity contribution in [1.29, 1.82) is 0 Å². The first kappa shape index (κ1) is 17.0. The van der Waals surface area contributed by atoms with E-state index in [4.69, 9.17) is 0 Å². The van der Waals surface area contributed by atoms with E-state index in [9.17, 15) is 21.6 Å². The summed E-state index contributed by atoms with van der Waals surface area (Å²) in [5.41, 5.74) is -1.10. The number of rotatable bonds is 6. The van der Waals surface area contributed by atoms with Gasteiger partial charge in [0.25, 0.3) is 0 Å². The fraction of sp³-hybridized carbons (Fsp3) is 0.538. The van der Waals surface area contributed by atoms with Crippen molar-refractivity contribution in [3.05, 3.63) is 29.8 Å². The molecule has 7 heteroatoms. The van der Waals surface area contributed by atoms with Crippen LogP contribution in [-0.4, -0.2) is 26.8 Å². The van der Waals surface area contributed by atoms with E-state index >= 15 is 0 Å². The molecule has 0 saturated heterocycles. The van der Waals surface area contributed by atoms with E-state index in [0.717, 1.165) is 12.1 Å². The van der Waals surface area contributed by atoms with Crippen molar-refractivity contribution in [3.8, 4) is 0 Å². The Labute approximate surface area is 117 Å². The predicted molar refractivity (Wildman–Crippen MR) is 71.3 cm³/mol. The van der Waals surface area contributed by atoms with Crippen molar-refractivity contribution in [3.63, 3.8) is 0 Å². The molecule has 0 atom stereocenters. The van der Waals surface area contributed by atoms with E-state index in [-0.39, 0.29) is 18.2 Å². The SMILES string of the molecule is CC(C)NCCCS(=O)(=O)c1ccccc1C(F)(F)F. The zero-order chi connectivity index (χ0) is 15.4. The molecule has 114 valence electrons. The van der Waals surface area contributed by atoms with Crippen molar-refractivity contribution in [2.24, 2.45) is 0 Å². The average Bonchev–Trinajstić information content (AvgIpc) is 2.33. The summed E-state index contributed by atoms with van der Waals surface area (Å²) in [6.07, 6.45) is -4.40. The molecular weight excluding hydrogens is 291 g/mol. The molecule has 0 amide bonds. The van der Waals surface area contributed by atoms with E-state index in [2.05, 4.69) is 5.32 Å². The molecule has 0 heterocycles. The normalized spacial score (nSPS) is 12.9. The molecule has 1 aromatic carbocycles. The third-order valence-corrected chi connectivity index (χ3v) is 4.52. The number of hydrogen-bond acceptors (Lipinski definition) is 3. The first-order valence-corrected chi connectivity index (χ1v) is 7.92. The number of alkyl halides is 3. The second-order valence-electron chi connectivity index (χ2n) is 4.78. The van der Waals surface area contributed by atoms with Gasteiger partial charge < -0.3 is 5.32 Å². The molecule has 0 saturated carbocycles. The largest absolute Gasteiger partial charge is 0.417 e. The molecule has 0 spiro atoms. The van der Waals surface area contributed by atoms with Gasteiger partial charge in [0, 0.05) is 6.04 Å². The molecule has 1 N–H and O–H groups in total. The number of sulfone groups is 1. The van der Waals surface area contributed by atoms with Gasteiger partial charge in [-0.05, 0) is 25.1 Å². The van der Waals surface area contributed by atoms with Crippen molar-refractivity contribution < 1.29 is 21.6 Å². The predicted octanol–water partition coefficient (Wildman–Crippen LogP) is 2.87. The molecule has 0 aromatic heterocycles. The van der Waals surface area contributed by atoms with Crippen LogP contribution in [0.2, 0.25) is 0 Å². The Morgan fingerprint density at radius 1 is 1.20 bits per heavy atom. The van der Waals surface area contributed by atoms with Gasteiger partial charge in [0.05, 0.1) is 16.2 Å². The number of halogens is 3. The summed E-state index contributed by atoms with van der Waals surface area (Å²) in [4.78, 5) is -0.642. The molecule has 0 bridgehead atoms. The molecule has 1 aromatic rings. The summed E-state index contributed by atoms with van der Waals surface area (Å²) in [5, 5.41) is 3.03. The van der Waals surface area contributed by atoms with Crippen LogP contribution in [0.4, 0.5) is 13.2 Å². The van der Waals surface area contributed by atoms with Crippen molar-refractivity contribution in [2.45, 2.75) is 37.4 Å². The van der Waals surface area contributed by atoms with Crippen molar-refractivity contribution in [1.82, 2.24) is 5.32 Å². The lowest BCUT2D eigenvalue weighted by molar-refractivity contribution is -0.139. The number of nitrogens with one attached hydrogen (secondary N) is 1. The van der Waals surface area contributed by atoms with Gasteiger partial charge >= 0.3 is 6.18 Å². The lowest BCUT2D eigenvalue weighted by atomic mass is 10.2. The smallest absolute Gasteiger partial charge is 0.314 e. The quantitative estimate of drug-likeness (QED) is 0.822. The highest BCUT2D eigenvalue weighted by molar-refractivity contribution is 7.91. The van der Waals surface area contributed by atoms with Gasteiger partial charge in [0.1, 0.15) is 0 Å². The number of benzene rings is 1. The van der Waals surface area contributed by atoms with Crippen molar-refractivity contribution >= 4 is 9.84 Å². The number of hydrogen-bond donors (Lipinski definition) is 1. The molecule has 0 radical (unpaired) electrons. The summed E-state index contributed by atoms with van der Waals surface area (Å²) in [6.45, 7) is 4.27. The molecule has 3 nitrogen and oxygen atoms in total. The molecule has 0 unspecified atom stereocenters. The summed E-state index contributed by atoms with van der Waals surface area (Å²) in [5.74, 6) is -0.306. The maximum atomic E-state index is 12.8. The van der Waals surface area contributed by atoms with E-state index in [1.165, 1.54) is 12.1 Å². The molecule has 1 rings (SSSR count). The van der Waals surface area contributed by atoms with Crippen LogP contribution in [-0.2, 0) is 16.0 Å². The standard InChI is InChI=1S/C13H18F3NO2S/c1-10(2)17-8-5-9-20(18,19)12-7-4-3-6-11(12)13(14,15)16/h3-4,6-7,10,17H,5,8-9H2,1-2H3. The van der Waals surface area contributed by atoms with Gasteiger partial charge in [-0.3, -0.25) is 0 Å². The van der Waals surface area contributed by atoms with Crippen LogP contribution in [0.5, 0.6) is 0 Å². The van der Waals surface area contributed by atoms with E-state index in [0.29, 0.717) is 6.54 Å². The first-order chi connectivity index (χ1) is 9.14. The zero-order valence-electron chi connectivity index (χ0n) is 11.4. The van der Waals surface area contributed by atoms with Crippen LogP contribution in [0.1, 0.15) is 25.8 Å². The van der Waals surface area contributed by atoms with Gasteiger partial charge in [-0.15, -0.1) is 0 Å². The molecule has 0 aliphatic heterocycles. The Morgan fingerprint density at radius 2 is 1.80 bits per heavy atom. The second kappa shape index (κ2) is 6.58. The summed E-state index contributed by atoms with van der Waals surface area (Å²) in [7, 11) is -3.93. The molecule has 20 heavy (non-hydrogen) atoms. The fourth-order valence-electron chi connectivity index (χ4n) is 1.73. The maximum absolute atomic E-state index is 12.8. The monoisotopic (exact) mass is 309 g/mol. The highest BCUT2D eigenvalue weighted by Gasteiger charge is 2.36. The molecular formula is C13H18F3NO2S. The first-order valence-electron chi connectivity index (χ1n) is 6.27. The van der Waals surface area contributed by atoms with Crippen LogP contribution in [0, 0.1) is 0 Å². The lowest BCUT2D eigenvalue weighted by Crippen LogP contribution is -2.25. The Morgan fingerprint density at radius 3 is 2.35 bits per heavy atom. The van der Waals surface area contributed by atoms with Gasteiger partial charge in [0.2, 0.25) is 0 Å². The summed E-state index contributed by atoms with van der Waals surface area (Å²) >= 11 is 0. The minimum atomic E-state index is -4.67. The lowest BCUT2D eigenvalue weighted by Gasteiger charge is -2.13. The maximum Gasteiger partial charge on any atom is 0.417 e. The zero-order valence-corrected chi connectivity index (χ0v) is 12.2. The Hall–Kier alpha value is -1.08. The highest BCUT2D eigenvalue weighted by Crippen LogP contribution is 2.34. The van der Waals surface area contributed by atoms with E-state index in [1.54, 1.807) is 0 Å². The minimum Gasteiger partial charge on any atom is -0.314 e. The van der Waals surface area contributed by atoms with E-state index in [1.807, 2.05) is 13.8 Å². The Kier molecular flexibility index (Phi) is 5.59. The van der Waals surface area contributed by atoms with Gasteiger partial charge in [-0.25, -0.2) is 8.42 Å². The van der Waals surface area contributed by atoms with Crippen LogP contribution in [0.25, 0.3) is 0 Å². The summed E-state index contributed by atoms with van der Waals surface area (Å²) < 4.78 is 62.4. The fourth-order valence-corrected chi connectivity index (χ4v) is 3.28. The molecule has 0 fully saturated rings. The van der Waals surface area contributed by atoms with Gasteiger partial charge in [0.15, 0.2) is 9.84 Å². The van der Waals surface area contributed by atoms with Crippen LogP contribution >= 0.6 is 0 Å². The molecule has 0 aliphatic rings. The Bertz CT molecular complexity index is 539.